The quantitative estimate of drug-likeness (QED) is 0.452. The van der Waals surface area contributed by atoms with Crippen molar-refractivity contribution in [2.45, 2.75) is 78.9 Å². The van der Waals surface area contributed by atoms with E-state index in [-0.39, 0.29) is 22.6 Å². The lowest BCUT2D eigenvalue weighted by atomic mass is 9.76. The molecule has 1 aromatic rings. The van der Waals surface area contributed by atoms with Gasteiger partial charge >= 0.3 is 0 Å². The Kier molecular flexibility index (Phi) is 11.1. The van der Waals surface area contributed by atoms with Crippen molar-refractivity contribution in [1.29, 1.82) is 0 Å². The van der Waals surface area contributed by atoms with Crippen LogP contribution in [0.2, 0.25) is 0 Å². The fourth-order valence-corrected chi connectivity index (χ4v) is 5.33. The molecule has 0 aromatic heterocycles. The molecule has 1 rings (SSSR count). The summed E-state index contributed by atoms with van der Waals surface area (Å²) in [5, 5.41) is 6.16. The summed E-state index contributed by atoms with van der Waals surface area (Å²) in [6.45, 7) is 15.1. The third kappa shape index (κ3) is 7.88. The number of carbonyl (C=O) groups excluding carboxylic acids is 2. The van der Waals surface area contributed by atoms with E-state index in [0.717, 1.165) is 9.87 Å². The van der Waals surface area contributed by atoms with Crippen LogP contribution >= 0.6 is 0 Å². The molecular formula is C28H48N4O4S. The first kappa shape index (κ1) is 32.8. The average molecular weight is 537 g/mol. The van der Waals surface area contributed by atoms with Crippen LogP contribution in [0.4, 0.5) is 0 Å². The molecule has 0 aliphatic carbocycles. The topological polar surface area (TPSA) is 98.8 Å². The number of carbonyl (C=O) groups is 2. The van der Waals surface area contributed by atoms with E-state index in [4.69, 9.17) is 0 Å². The molecule has 8 nitrogen and oxygen atoms in total. The Morgan fingerprint density at radius 3 is 1.86 bits per heavy atom. The zero-order valence-corrected chi connectivity index (χ0v) is 25.5. The Balaban J connectivity index is 3.36. The van der Waals surface area contributed by atoms with E-state index in [1.54, 1.807) is 25.1 Å². The van der Waals surface area contributed by atoms with Gasteiger partial charge in [-0.2, -0.15) is 0 Å². The predicted molar refractivity (Wildman–Crippen MR) is 151 cm³/mol. The molecule has 9 heteroatoms. The Hall–Kier alpha value is -2.23. The van der Waals surface area contributed by atoms with Crippen LogP contribution in [0.25, 0.3) is 0 Å². The summed E-state index contributed by atoms with van der Waals surface area (Å²) in [6.07, 6.45) is 1.62. The van der Waals surface area contributed by atoms with E-state index in [0.29, 0.717) is 0 Å². The number of sulfonamides is 1. The SMILES string of the molecule is CN[C@H](C(=O)N[C@H](C(=O)N(C)[C@@H](/C=C(\C)S(=O)(=O)N(C)C)C(C)C)C(C)(C)C)C(C)(C)c1ccccc1. The second-order valence-corrected chi connectivity index (χ2v) is 14.2. The van der Waals surface area contributed by atoms with Crippen LogP contribution in [-0.4, -0.2) is 75.8 Å². The van der Waals surface area contributed by atoms with Gasteiger partial charge in [0.05, 0.1) is 17.0 Å². The highest BCUT2D eigenvalue weighted by Crippen LogP contribution is 2.29. The van der Waals surface area contributed by atoms with Gasteiger partial charge in [0.15, 0.2) is 0 Å². The Morgan fingerprint density at radius 2 is 1.46 bits per heavy atom. The van der Waals surface area contributed by atoms with Gasteiger partial charge in [0.1, 0.15) is 6.04 Å². The zero-order valence-electron chi connectivity index (χ0n) is 24.7. The smallest absolute Gasteiger partial charge is 0.245 e. The van der Waals surface area contributed by atoms with Crippen LogP contribution in [0.15, 0.2) is 41.3 Å². The molecule has 0 spiro atoms. The highest BCUT2D eigenvalue weighted by molar-refractivity contribution is 7.92. The van der Waals surface area contributed by atoms with Crippen molar-refractivity contribution in [2.24, 2.45) is 11.3 Å². The maximum atomic E-state index is 13.9. The molecular weight excluding hydrogens is 488 g/mol. The number of hydrogen-bond donors (Lipinski definition) is 2. The normalized spacial score (nSPS) is 15.9. The van der Waals surface area contributed by atoms with Gasteiger partial charge in [0.25, 0.3) is 0 Å². The van der Waals surface area contributed by atoms with Gasteiger partial charge in [0, 0.05) is 26.6 Å². The summed E-state index contributed by atoms with van der Waals surface area (Å²) in [7, 11) is 2.74. The van der Waals surface area contributed by atoms with Crippen molar-refractivity contribution in [2.75, 3.05) is 28.2 Å². The van der Waals surface area contributed by atoms with Crippen LogP contribution in [0.1, 0.15) is 61.0 Å². The standard InChI is InChI=1S/C28H48N4O4S/c1-19(2)22(18-20(3)37(35,36)31(10)11)32(12)26(34)24(27(4,5)6)30-25(33)23(29-9)28(7,8)21-16-14-13-15-17-21/h13-19,22-24,29H,1-12H3,(H,30,33)/b20-18+/t22-,23+,24+/m0/s1. The first-order valence-corrected chi connectivity index (χ1v) is 14.1. The molecule has 0 bridgehead atoms. The van der Waals surface area contributed by atoms with E-state index >= 15 is 0 Å². The van der Waals surface area contributed by atoms with Crippen molar-refractivity contribution in [3.63, 3.8) is 0 Å². The summed E-state index contributed by atoms with van der Waals surface area (Å²) in [5.74, 6) is -0.612. The van der Waals surface area contributed by atoms with E-state index in [2.05, 4.69) is 10.6 Å². The average Bonchev–Trinajstić information content (AvgIpc) is 2.79. The number of nitrogens with zero attached hydrogens (tertiary/aromatic N) is 2. The van der Waals surface area contributed by atoms with E-state index in [9.17, 15) is 18.0 Å². The number of hydrogen-bond acceptors (Lipinski definition) is 5. The highest BCUT2D eigenvalue weighted by Gasteiger charge is 2.41. The van der Waals surface area contributed by atoms with Gasteiger partial charge in [-0.15, -0.1) is 0 Å². The number of allylic oxidation sites excluding steroid dienone is 1. The number of rotatable bonds is 11. The maximum Gasteiger partial charge on any atom is 0.245 e. The Labute approximate surface area is 224 Å². The molecule has 0 radical (unpaired) electrons. The van der Waals surface area contributed by atoms with Crippen LogP contribution in [0.5, 0.6) is 0 Å². The van der Waals surface area contributed by atoms with Gasteiger partial charge in [-0.1, -0.05) is 78.8 Å². The number of amides is 2. The fourth-order valence-electron chi connectivity index (χ4n) is 4.44. The minimum Gasteiger partial charge on any atom is -0.342 e. The van der Waals surface area contributed by atoms with Crippen LogP contribution in [0, 0.1) is 11.3 Å². The lowest BCUT2D eigenvalue weighted by molar-refractivity contribution is -0.140. The monoisotopic (exact) mass is 536 g/mol. The summed E-state index contributed by atoms with van der Waals surface area (Å²) in [5.41, 5.74) is -0.132. The van der Waals surface area contributed by atoms with Crippen LogP contribution < -0.4 is 10.6 Å². The van der Waals surface area contributed by atoms with Crippen LogP contribution in [-0.2, 0) is 25.0 Å². The van der Waals surface area contributed by atoms with Crippen molar-refractivity contribution in [3.8, 4) is 0 Å². The summed E-state index contributed by atoms with van der Waals surface area (Å²) >= 11 is 0. The van der Waals surface area contributed by atoms with Gasteiger partial charge in [0.2, 0.25) is 21.8 Å². The van der Waals surface area contributed by atoms with Gasteiger partial charge in [-0.3, -0.25) is 9.59 Å². The molecule has 0 unspecified atom stereocenters. The maximum absolute atomic E-state index is 13.9. The summed E-state index contributed by atoms with van der Waals surface area (Å²) in [6, 6.07) is 7.89. The van der Waals surface area contributed by atoms with E-state index in [1.807, 2.05) is 78.8 Å². The third-order valence-corrected chi connectivity index (χ3v) is 8.87. The molecule has 1 aromatic carbocycles. The molecule has 0 aliphatic rings. The van der Waals surface area contributed by atoms with Crippen LogP contribution in [0.3, 0.4) is 0 Å². The van der Waals surface area contributed by atoms with Gasteiger partial charge in [-0.05, 0) is 36.9 Å². The molecule has 210 valence electrons. The van der Waals surface area contributed by atoms with Crippen molar-refractivity contribution >= 4 is 21.8 Å². The number of likely N-dealkylation sites (N-methyl/N-ethyl adjacent to an activating group) is 2. The second-order valence-electron chi connectivity index (χ2n) is 11.9. The molecule has 37 heavy (non-hydrogen) atoms. The molecule has 0 saturated heterocycles. The summed E-state index contributed by atoms with van der Waals surface area (Å²) < 4.78 is 26.4. The molecule has 3 atom stereocenters. The van der Waals surface area contributed by atoms with E-state index in [1.165, 1.54) is 21.0 Å². The molecule has 0 saturated carbocycles. The van der Waals surface area contributed by atoms with E-state index < -0.39 is 39.0 Å². The Bertz CT molecular complexity index is 1060. The minimum atomic E-state index is -3.61. The largest absolute Gasteiger partial charge is 0.342 e. The minimum absolute atomic E-state index is 0.0559. The van der Waals surface area contributed by atoms with Gasteiger partial charge in [-0.25, -0.2) is 12.7 Å². The summed E-state index contributed by atoms with van der Waals surface area (Å²) in [4.78, 5) is 29.2. The first-order chi connectivity index (χ1) is 16.8. The number of benzene rings is 1. The van der Waals surface area contributed by atoms with Crippen molar-refractivity contribution in [1.82, 2.24) is 19.8 Å². The first-order valence-electron chi connectivity index (χ1n) is 12.7. The Morgan fingerprint density at radius 1 is 0.946 bits per heavy atom. The zero-order chi connectivity index (χ0) is 28.9. The molecule has 0 fully saturated rings. The van der Waals surface area contributed by atoms with Gasteiger partial charge < -0.3 is 15.5 Å². The molecule has 2 amide bonds. The fraction of sp³-hybridized carbons (Fsp3) is 0.643. The lowest BCUT2D eigenvalue weighted by Crippen LogP contribution is -2.61. The van der Waals surface area contributed by atoms with Crippen molar-refractivity contribution in [3.05, 3.63) is 46.9 Å². The highest BCUT2D eigenvalue weighted by atomic mass is 32.2. The third-order valence-electron chi connectivity index (χ3n) is 6.96. The molecule has 2 N–H and O–H groups in total. The molecule has 0 heterocycles. The number of nitrogens with one attached hydrogen (secondary N) is 2. The second kappa shape index (κ2) is 12.5. The molecule has 0 aliphatic heterocycles. The predicted octanol–water partition coefficient (Wildman–Crippen LogP) is 3.36. The lowest BCUT2D eigenvalue weighted by Gasteiger charge is -2.40. The van der Waals surface area contributed by atoms with Crippen molar-refractivity contribution < 1.29 is 18.0 Å².